The molecule has 1 aromatic carbocycles. The molecule has 146 valence electrons. The molecular formula is C18H26F3N3O2. The van der Waals surface area contributed by atoms with Gasteiger partial charge < -0.3 is 20.1 Å². The van der Waals surface area contributed by atoms with Crippen LogP contribution in [-0.2, 0) is 17.5 Å². The summed E-state index contributed by atoms with van der Waals surface area (Å²) in [6.45, 7) is 5.71. The van der Waals surface area contributed by atoms with Crippen molar-refractivity contribution in [3.05, 3.63) is 29.3 Å². The van der Waals surface area contributed by atoms with Crippen LogP contribution in [0.4, 0.5) is 13.2 Å². The fourth-order valence-corrected chi connectivity index (χ4v) is 2.84. The first-order valence-electron chi connectivity index (χ1n) is 8.67. The molecule has 1 saturated heterocycles. The summed E-state index contributed by atoms with van der Waals surface area (Å²) in [4.78, 5) is 4.30. The summed E-state index contributed by atoms with van der Waals surface area (Å²) in [5.41, 5.74) is -0.908. The number of ether oxygens (including phenoxy) is 2. The molecule has 0 aromatic heterocycles. The lowest BCUT2D eigenvalue weighted by Crippen LogP contribution is -2.45. The highest BCUT2D eigenvalue weighted by Gasteiger charge is 2.34. The monoisotopic (exact) mass is 373 g/mol. The minimum absolute atomic E-state index is 0.0915. The van der Waals surface area contributed by atoms with Crippen molar-refractivity contribution in [2.45, 2.75) is 45.0 Å². The molecule has 26 heavy (non-hydrogen) atoms. The number of benzene rings is 1. The van der Waals surface area contributed by atoms with Gasteiger partial charge in [0.15, 0.2) is 5.96 Å². The zero-order valence-corrected chi connectivity index (χ0v) is 15.4. The Morgan fingerprint density at radius 1 is 1.35 bits per heavy atom. The quantitative estimate of drug-likeness (QED) is 0.593. The number of nitrogens with one attached hydrogen (secondary N) is 2. The number of hydrogen-bond acceptors (Lipinski definition) is 3. The average molecular weight is 373 g/mol. The van der Waals surface area contributed by atoms with Crippen molar-refractivity contribution in [2.75, 3.05) is 26.8 Å². The normalized spacial score (nSPS) is 20.9. The highest BCUT2D eigenvalue weighted by molar-refractivity contribution is 5.79. The molecule has 0 radical (unpaired) electrons. The third kappa shape index (κ3) is 5.52. The molecule has 1 heterocycles. The largest absolute Gasteiger partial charge is 0.497 e. The summed E-state index contributed by atoms with van der Waals surface area (Å²) in [7, 11) is 1.34. The Labute approximate surface area is 152 Å². The molecule has 0 amide bonds. The molecular weight excluding hydrogens is 347 g/mol. The predicted molar refractivity (Wildman–Crippen MR) is 94.4 cm³/mol. The Morgan fingerprint density at radius 3 is 2.69 bits per heavy atom. The van der Waals surface area contributed by atoms with E-state index in [1.807, 2.05) is 13.8 Å². The fourth-order valence-electron chi connectivity index (χ4n) is 2.84. The van der Waals surface area contributed by atoms with Crippen LogP contribution in [0.1, 0.15) is 37.8 Å². The first kappa shape index (κ1) is 20.4. The second-order valence-electron chi connectivity index (χ2n) is 6.47. The minimum Gasteiger partial charge on any atom is -0.497 e. The summed E-state index contributed by atoms with van der Waals surface area (Å²) in [6.07, 6.45) is -2.51. The third-order valence-corrected chi connectivity index (χ3v) is 4.30. The lowest BCUT2D eigenvalue weighted by molar-refractivity contribution is -0.138. The average Bonchev–Trinajstić information content (AvgIpc) is 3.03. The van der Waals surface area contributed by atoms with Crippen molar-refractivity contribution in [3.63, 3.8) is 0 Å². The maximum atomic E-state index is 13.3. The van der Waals surface area contributed by atoms with Crippen LogP contribution in [0.2, 0.25) is 0 Å². The summed E-state index contributed by atoms with van der Waals surface area (Å²) < 4.78 is 50.5. The Kier molecular flexibility index (Phi) is 6.75. The van der Waals surface area contributed by atoms with Crippen LogP contribution in [-0.4, -0.2) is 38.4 Å². The lowest BCUT2D eigenvalue weighted by Gasteiger charge is -2.24. The van der Waals surface area contributed by atoms with E-state index in [-0.39, 0.29) is 23.5 Å². The second-order valence-corrected chi connectivity index (χ2v) is 6.47. The van der Waals surface area contributed by atoms with Gasteiger partial charge in [-0.15, -0.1) is 0 Å². The predicted octanol–water partition coefficient (Wildman–Crippen LogP) is 3.34. The van der Waals surface area contributed by atoms with Gasteiger partial charge in [-0.3, -0.25) is 0 Å². The van der Waals surface area contributed by atoms with Gasteiger partial charge in [0.05, 0.1) is 24.8 Å². The number of alkyl halides is 3. The summed E-state index contributed by atoms with van der Waals surface area (Å²) in [6, 6.07) is 3.91. The van der Waals surface area contributed by atoms with E-state index in [2.05, 4.69) is 15.6 Å². The zero-order valence-electron chi connectivity index (χ0n) is 15.4. The SMILES string of the molecule is CCNC(=NCc1ccc(OC)cc1C(F)(F)F)NCC1(C)CCCO1. The van der Waals surface area contributed by atoms with Crippen LogP contribution < -0.4 is 15.4 Å². The van der Waals surface area contributed by atoms with Crippen LogP contribution >= 0.6 is 0 Å². The first-order chi connectivity index (χ1) is 12.3. The Hall–Kier alpha value is -1.96. The molecule has 1 atom stereocenters. The zero-order chi connectivity index (χ0) is 19.2. The lowest BCUT2D eigenvalue weighted by atomic mass is 10.0. The van der Waals surface area contributed by atoms with Gasteiger partial charge in [0.1, 0.15) is 5.75 Å². The van der Waals surface area contributed by atoms with E-state index in [1.54, 1.807) is 0 Å². The molecule has 0 bridgehead atoms. The van der Waals surface area contributed by atoms with Crippen LogP contribution in [0, 0.1) is 0 Å². The summed E-state index contributed by atoms with van der Waals surface area (Å²) >= 11 is 0. The molecule has 0 saturated carbocycles. The topological polar surface area (TPSA) is 54.9 Å². The van der Waals surface area contributed by atoms with Gasteiger partial charge >= 0.3 is 6.18 Å². The molecule has 2 rings (SSSR count). The van der Waals surface area contributed by atoms with Crippen molar-refractivity contribution >= 4 is 5.96 Å². The molecule has 1 fully saturated rings. The van der Waals surface area contributed by atoms with Gasteiger partial charge in [0.2, 0.25) is 0 Å². The molecule has 5 nitrogen and oxygen atoms in total. The number of halogens is 3. The van der Waals surface area contributed by atoms with Crippen LogP contribution in [0.15, 0.2) is 23.2 Å². The highest BCUT2D eigenvalue weighted by Crippen LogP contribution is 2.34. The van der Waals surface area contributed by atoms with Crippen molar-refractivity contribution < 1.29 is 22.6 Å². The van der Waals surface area contributed by atoms with Gasteiger partial charge in [-0.1, -0.05) is 6.07 Å². The Balaban J connectivity index is 2.13. The van der Waals surface area contributed by atoms with Crippen molar-refractivity contribution in [3.8, 4) is 5.75 Å². The van der Waals surface area contributed by atoms with E-state index in [0.717, 1.165) is 25.5 Å². The second kappa shape index (κ2) is 8.62. The number of aliphatic imine (C=N–C) groups is 1. The molecule has 1 unspecified atom stereocenters. The van der Waals surface area contributed by atoms with Crippen molar-refractivity contribution in [1.82, 2.24) is 10.6 Å². The smallest absolute Gasteiger partial charge is 0.416 e. The number of hydrogen-bond donors (Lipinski definition) is 2. The van der Waals surface area contributed by atoms with Gasteiger partial charge in [-0.25, -0.2) is 4.99 Å². The van der Waals surface area contributed by atoms with Crippen molar-refractivity contribution in [2.24, 2.45) is 4.99 Å². The molecule has 0 aliphatic carbocycles. The standard InChI is InChI=1S/C18H26F3N3O2/c1-4-22-16(24-12-17(2)8-5-9-26-17)23-11-13-6-7-14(25-3)10-15(13)18(19,20)21/h6-7,10H,4-5,8-9,11-12H2,1-3H3,(H2,22,23,24). The van der Waals surface area contributed by atoms with Gasteiger partial charge in [0, 0.05) is 19.7 Å². The van der Waals surface area contributed by atoms with Crippen molar-refractivity contribution in [1.29, 1.82) is 0 Å². The number of nitrogens with zero attached hydrogens (tertiary/aromatic N) is 1. The van der Waals surface area contributed by atoms with Gasteiger partial charge in [-0.05, 0) is 44.4 Å². The van der Waals surface area contributed by atoms with E-state index in [0.29, 0.717) is 19.0 Å². The van der Waals surface area contributed by atoms with Crippen LogP contribution in [0.5, 0.6) is 5.75 Å². The molecule has 1 aliphatic heterocycles. The Morgan fingerprint density at radius 2 is 2.12 bits per heavy atom. The molecule has 8 heteroatoms. The molecule has 1 aromatic rings. The minimum atomic E-state index is -4.46. The Bertz CT molecular complexity index is 627. The molecule has 1 aliphatic rings. The van der Waals surface area contributed by atoms with E-state index in [9.17, 15) is 13.2 Å². The first-order valence-corrected chi connectivity index (χ1v) is 8.67. The fraction of sp³-hybridized carbons (Fsp3) is 0.611. The van der Waals surface area contributed by atoms with Gasteiger partial charge in [-0.2, -0.15) is 13.2 Å². The van der Waals surface area contributed by atoms with E-state index < -0.39 is 11.7 Å². The number of guanidine groups is 1. The molecule has 2 N–H and O–H groups in total. The number of methoxy groups -OCH3 is 1. The summed E-state index contributed by atoms with van der Waals surface area (Å²) in [5, 5.41) is 6.21. The number of rotatable bonds is 6. The molecule has 0 spiro atoms. The van der Waals surface area contributed by atoms with E-state index in [1.165, 1.54) is 19.2 Å². The van der Waals surface area contributed by atoms with E-state index >= 15 is 0 Å². The summed E-state index contributed by atoms with van der Waals surface area (Å²) in [5.74, 6) is 0.634. The van der Waals surface area contributed by atoms with E-state index in [4.69, 9.17) is 9.47 Å². The van der Waals surface area contributed by atoms with Crippen LogP contribution in [0.25, 0.3) is 0 Å². The third-order valence-electron chi connectivity index (χ3n) is 4.30. The highest BCUT2D eigenvalue weighted by atomic mass is 19.4. The maximum Gasteiger partial charge on any atom is 0.416 e. The van der Waals surface area contributed by atoms with Crippen LogP contribution in [0.3, 0.4) is 0 Å². The maximum absolute atomic E-state index is 13.3. The van der Waals surface area contributed by atoms with Gasteiger partial charge in [0.25, 0.3) is 0 Å².